The van der Waals surface area contributed by atoms with Crippen LogP contribution < -0.4 is 14.7 Å². The molecule has 0 radical (unpaired) electrons. The zero-order valence-corrected chi connectivity index (χ0v) is 10.8. The van der Waals surface area contributed by atoms with Crippen molar-refractivity contribution in [3.05, 3.63) is 47.1 Å². The van der Waals surface area contributed by atoms with Crippen LogP contribution in [0.2, 0.25) is 0 Å². The van der Waals surface area contributed by atoms with E-state index in [0.29, 0.717) is 10.8 Å². The lowest BCUT2D eigenvalue weighted by molar-refractivity contribution is -0.610. The molecule has 2 rings (SSSR count). The molecule has 18 heavy (non-hydrogen) atoms. The fraction of sp³-hybridized carbons (Fsp3) is 0.167. The number of pyridine rings is 1. The maximum Gasteiger partial charge on any atom is 0.382 e. The van der Waals surface area contributed by atoms with Crippen molar-refractivity contribution in [1.82, 2.24) is 0 Å². The lowest BCUT2D eigenvalue weighted by atomic mass is 10.4. The summed E-state index contributed by atoms with van der Waals surface area (Å²) in [7, 11) is 0.378. The van der Waals surface area contributed by atoms with Gasteiger partial charge in [-0.25, -0.2) is 0 Å². The Morgan fingerprint density at radius 1 is 1.33 bits per heavy atom. The normalized spacial score (nSPS) is 12.1. The molecule has 0 aromatic carbocycles. The van der Waals surface area contributed by atoms with E-state index in [-0.39, 0.29) is 11.2 Å². The van der Waals surface area contributed by atoms with Gasteiger partial charge in [0, 0.05) is 18.4 Å². The van der Waals surface area contributed by atoms with Gasteiger partial charge in [-0.2, -0.15) is 0 Å². The number of rotatable bonds is 3. The second kappa shape index (κ2) is 5.14. The molecule has 0 aliphatic heterocycles. The van der Waals surface area contributed by atoms with Crippen LogP contribution in [0, 0.1) is 0 Å². The van der Waals surface area contributed by atoms with Gasteiger partial charge < -0.3 is 9.15 Å². The second-order valence-electron chi connectivity index (χ2n) is 3.55. The third kappa shape index (κ3) is 2.48. The summed E-state index contributed by atoms with van der Waals surface area (Å²) in [6, 6.07) is 4.75. The van der Waals surface area contributed by atoms with Crippen LogP contribution >= 0.6 is 0 Å². The van der Waals surface area contributed by atoms with Gasteiger partial charge in [0.2, 0.25) is 11.2 Å². The highest BCUT2D eigenvalue weighted by atomic mass is 32.2. The Kier molecular flexibility index (Phi) is 3.57. The first-order chi connectivity index (χ1) is 8.61. The Bertz CT molecular complexity index is 633. The SMILES string of the molecule is COc1coc(-[n+]2ccc(S(C)=O)cc2)cc1=O. The van der Waals surface area contributed by atoms with Gasteiger partial charge in [0.1, 0.15) is 12.3 Å². The molecule has 0 amide bonds. The first-order valence-electron chi connectivity index (χ1n) is 5.14. The van der Waals surface area contributed by atoms with Crippen molar-refractivity contribution in [3.63, 3.8) is 0 Å². The third-order valence-electron chi connectivity index (χ3n) is 2.39. The average molecular weight is 266 g/mol. The summed E-state index contributed by atoms with van der Waals surface area (Å²) in [6.45, 7) is 0. The standard InChI is InChI=1S/C12H12NO4S/c1-16-11-8-17-12(7-10(11)14)13-5-3-9(4-6-13)18(2)15/h3-8H,1-2H3/q+1. The van der Waals surface area contributed by atoms with Crippen molar-refractivity contribution in [2.75, 3.05) is 13.4 Å². The first-order valence-corrected chi connectivity index (χ1v) is 6.69. The van der Waals surface area contributed by atoms with E-state index in [1.54, 1.807) is 35.3 Å². The van der Waals surface area contributed by atoms with Crippen LogP contribution in [0.1, 0.15) is 0 Å². The molecule has 0 fully saturated rings. The molecule has 5 nitrogen and oxygen atoms in total. The molecule has 2 aromatic rings. The minimum absolute atomic E-state index is 0.158. The Morgan fingerprint density at radius 2 is 2.00 bits per heavy atom. The molecule has 0 aliphatic rings. The summed E-state index contributed by atoms with van der Waals surface area (Å²) in [4.78, 5) is 12.3. The van der Waals surface area contributed by atoms with Crippen LogP contribution in [-0.2, 0) is 10.8 Å². The van der Waals surface area contributed by atoms with Gasteiger partial charge >= 0.3 is 5.88 Å². The largest absolute Gasteiger partial charge is 0.490 e. The highest BCUT2D eigenvalue weighted by Crippen LogP contribution is 2.06. The summed E-state index contributed by atoms with van der Waals surface area (Å²) >= 11 is 0. The van der Waals surface area contributed by atoms with Crippen LogP contribution in [0.5, 0.6) is 5.75 Å². The van der Waals surface area contributed by atoms with E-state index in [0.717, 1.165) is 0 Å². The highest BCUT2D eigenvalue weighted by Gasteiger charge is 2.12. The summed E-state index contributed by atoms with van der Waals surface area (Å²) in [6.07, 6.45) is 6.23. The van der Waals surface area contributed by atoms with Crippen LogP contribution in [0.3, 0.4) is 0 Å². The quantitative estimate of drug-likeness (QED) is 0.766. The average Bonchev–Trinajstić information content (AvgIpc) is 2.38. The van der Waals surface area contributed by atoms with Crippen molar-refractivity contribution in [2.45, 2.75) is 4.90 Å². The van der Waals surface area contributed by atoms with E-state index in [2.05, 4.69) is 0 Å². The number of ether oxygens (including phenoxy) is 1. The fourth-order valence-corrected chi connectivity index (χ4v) is 1.93. The predicted octanol–water partition coefficient (Wildman–Crippen LogP) is 0.663. The molecule has 6 heteroatoms. The van der Waals surface area contributed by atoms with Gasteiger partial charge in [-0.3, -0.25) is 9.00 Å². The van der Waals surface area contributed by atoms with E-state index in [1.807, 2.05) is 0 Å². The van der Waals surface area contributed by atoms with Crippen LogP contribution in [0.15, 0.2) is 51.0 Å². The van der Waals surface area contributed by atoms with Gasteiger partial charge in [0.15, 0.2) is 12.4 Å². The Balaban J connectivity index is 2.40. The van der Waals surface area contributed by atoms with Gasteiger partial charge in [-0.15, -0.1) is 4.57 Å². The molecule has 1 atom stereocenters. The lowest BCUT2D eigenvalue weighted by Crippen LogP contribution is -2.30. The first kappa shape index (κ1) is 12.5. The molecule has 94 valence electrons. The minimum Gasteiger partial charge on any atom is -0.490 e. The van der Waals surface area contributed by atoms with Gasteiger partial charge in [0.25, 0.3) is 0 Å². The van der Waals surface area contributed by atoms with Gasteiger partial charge in [-0.1, -0.05) is 0 Å². The zero-order chi connectivity index (χ0) is 13.1. The molecule has 0 bridgehead atoms. The molecule has 0 saturated heterocycles. The van der Waals surface area contributed by atoms with Crippen molar-refractivity contribution >= 4 is 10.8 Å². The smallest absolute Gasteiger partial charge is 0.382 e. The molecule has 0 saturated carbocycles. The number of methoxy groups -OCH3 is 1. The zero-order valence-electron chi connectivity index (χ0n) is 9.95. The van der Waals surface area contributed by atoms with E-state index in [9.17, 15) is 9.00 Å². The highest BCUT2D eigenvalue weighted by molar-refractivity contribution is 7.84. The van der Waals surface area contributed by atoms with E-state index in [4.69, 9.17) is 9.15 Å². The van der Waals surface area contributed by atoms with Crippen LogP contribution in [-0.4, -0.2) is 17.6 Å². The molecule has 2 aromatic heterocycles. The number of hydrogen-bond acceptors (Lipinski definition) is 4. The Labute approximate surface area is 106 Å². The molecule has 0 aliphatic carbocycles. The molecular formula is C12H12NO4S+. The van der Waals surface area contributed by atoms with E-state index >= 15 is 0 Å². The molecule has 0 N–H and O–H groups in total. The van der Waals surface area contributed by atoms with Gasteiger partial charge in [0.05, 0.1) is 22.8 Å². The monoisotopic (exact) mass is 266 g/mol. The summed E-state index contributed by atoms with van der Waals surface area (Å²) in [5, 5.41) is 0. The second-order valence-corrected chi connectivity index (χ2v) is 4.93. The minimum atomic E-state index is -1.03. The predicted molar refractivity (Wildman–Crippen MR) is 65.4 cm³/mol. The van der Waals surface area contributed by atoms with Crippen molar-refractivity contribution < 1.29 is 17.9 Å². The number of aromatic nitrogens is 1. The van der Waals surface area contributed by atoms with E-state index in [1.165, 1.54) is 19.4 Å². The Morgan fingerprint density at radius 3 is 2.50 bits per heavy atom. The van der Waals surface area contributed by atoms with E-state index < -0.39 is 10.8 Å². The van der Waals surface area contributed by atoms with Gasteiger partial charge in [-0.05, 0) is 0 Å². The maximum absolute atomic E-state index is 11.6. The topological polar surface area (TPSA) is 60.4 Å². The summed E-state index contributed by atoms with van der Waals surface area (Å²) in [5.41, 5.74) is -0.255. The number of nitrogens with zero attached hydrogens (tertiary/aromatic N) is 1. The summed E-state index contributed by atoms with van der Waals surface area (Å²) in [5.74, 6) is 0.528. The van der Waals surface area contributed by atoms with Crippen molar-refractivity contribution in [1.29, 1.82) is 0 Å². The van der Waals surface area contributed by atoms with Crippen LogP contribution in [0.4, 0.5) is 0 Å². The van der Waals surface area contributed by atoms with Crippen molar-refractivity contribution in [3.8, 4) is 11.6 Å². The van der Waals surface area contributed by atoms with Crippen LogP contribution in [0.25, 0.3) is 5.88 Å². The van der Waals surface area contributed by atoms with Crippen molar-refractivity contribution in [2.24, 2.45) is 0 Å². The Hall–Kier alpha value is -1.95. The molecule has 0 spiro atoms. The number of hydrogen-bond donors (Lipinski definition) is 0. The third-order valence-corrected chi connectivity index (χ3v) is 3.33. The molecule has 1 unspecified atom stereocenters. The fourth-order valence-electron chi connectivity index (χ4n) is 1.42. The molecular weight excluding hydrogens is 254 g/mol. The maximum atomic E-state index is 11.6. The molecule has 2 heterocycles. The summed E-state index contributed by atoms with van der Waals surface area (Å²) < 4.78 is 23.0. The lowest BCUT2D eigenvalue weighted by Gasteiger charge is -1.98.